The van der Waals surface area contributed by atoms with Crippen LogP contribution in [0.15, 0.2) is 66.0 Å². The maximum atomic E-state index is 13.5. The molecule has 3 amide bonds. The summed E-state index contributed by atoms with van der Waals surface area (Å²) < 4.78 is 12.5. The van der Waals surface area contributed by atoms with E-state index >= 15 is 0 Å². The summed E-state index contributed by atoms with van der Waals surface area (Å²) in [6.45, 7) is 2.97. The Morgan fingerprint density at radius 3 is 2.70 bits per heavy atom. The second-order valence-electron chi connectivity index (χ2n) is 11.7. The van der Waals surface area contributed by atoms with Gasteiger partial charge in [0.2, 0.25) is 11.8 Å². The number of carbonyl (C=O) groups is 3. The SMILES string of the molecule is CN1C(=O)c2cc(NC(=O)Cc3cccs3)ccc2OC[C@H]2O[C@@H](CC(=O)N[C@H]3CCN(Cc4ccccc4)C3)CC[C@H]21. The second kappa shape index (κ2) is 13.3. The number of nitrogens with zero attached hydrogens (tertiary/aromatic N) is 2. The molecule has 0 spiro atoms. The fraction of sp³-hybridized carbons (Fsp3) is 0.424. The van der Waals surface area contributed by atoms with Crippen LogP contribution in [0.1, 0.15) is 46.5 Å². The monoisotopic (exact) mass is 602 g/mol. The summed E-state index contributed by atoms with van der Waals surface area (Å²) in [6, 6.07) is 19.4. The molecule has 4 heterocycles. The van der Waals surface area contributed by atoms with Gasteiger partial charge in [0.05, 0.1) is 30.6 Å². The van der Waals surface area contributed by atoms with E-state index in [2.05, 4.69) is 39.8 Å². The van der Waals surface area contributed by atoms with Gasteiger partial charge in [-0.05, 0) is 54.5 Å². The molecular formula is C33H38N4O5S. The zero-order valence-electron chi connectivity index (χ0n) is 24.4. The smallest absolute Gasteiger partial charge is 0.257 e. The number of likely N-dealkylation sites (tertiary alicyclic amines) is 1. The van der Waals surface area contributed by atoms with Crippen LogP contribution in [0.25, 0.3) is 0 Å². The minimum atomic E-state index is -0.341. The predicted octanol–water partition coefficient (Wildman–Crippen LogP) is 4.09. The van der Waals surface area contributed by atoms with Crippen LogP contribution >= 0.6 is 11.3 Å². The summed E-state index contributed by atoms with van der Waals surface area (Å²) in [6.07, 6.45) is 2.35. The van der Waals surface area contributed by atoms with Crippen molar-refractivity contribution in [3.8, 4) is 5.75 Å². The maximum Gasteiger partial charge on any atom is 0.257 e. The topological polar surface area (TPSA) is 100 Å². The predicted molar refractivity (Wildman–Crippen MR) is 165 cm³/mol. The van der Waals surface area contributed by atoms with Crippen LogP contribution in [0.4, 0.5) is 5.69 Å². The van der Waals surface area contributed by atoms with Gasteiger partial charge in [-0.1, -0.05) is 36.4 Å². The molecule has 43 heavy (non-hydrogen) atoms. The summed E-state index contributed by atoms with van der Waals surface area (Å²) in [7, 11) is 1.79. The highest BCUT2D eigenvalue weighted by atomic mass is 32.1. The molecule has 1 aromatic heterocycles. The molecule has 2 saturated heterocycles. The molecule has 2 fully saturated rings. The minimum Gasteiger partial charge on any atom is -0.490 e. The number of hydrogen-bond acceptors (Lipinski definition) is 7. The zero-order chi connectivity index (χ0) is 29.8. The molecule has 4 atom stereocenters. The molecule has 10 heteroatoms. The van der Waals surface area contributed by atoms with E-state index in [1.807, 2.05) is 23.6 Å². The number of hydrogen-bond donors (Lipinski definition) is 2. The van der Waals surface area contributed by atoms with E-state index in [1.54, 1.807) is 30.1 Å². The molecule has 0 unspecified atom stereocenters. The number of likely N-dealkylation sites (N-methyl/N-ethyl adjacent to an activating group) is 1. The van der Waals surface area contributed by atoms with E-state index < -0.39 is 0 Å². The van der Waals surface area contributed by atoms with E-state index in [9.17, 15) is 14.4 Å². The molecule has 0 saturated carbocycles. The normalized spacial score (nSPS) is 23.8. The highest BCUT2D eigenvalue weighted by Crippen LogP contribution is 2.32. The van der Waals surface area contributed by atoms with Gasteiger partial charge in [-0.15, -0.1) is 11.3 Å². The molecule has 3 aliphatic heterocycles. The third-order valence-electron chi connectivity index (χ3n) is 8.51. The zero-order valence-corrected chi connectivity index (χ0v) is 25.2. The molecule has 0 bridgehead atoms. The Morgan fingerprint density at radius 1 is 1.02 bits per heavy atom. The highest BCUT2D eigenvalue weighted by molar-refractivity contribution is 7.10. The maximum absolute atomic E-state index is 13.5. The lowest BCUT2D eigenvalue weighted by Crippen LogP contribution is -2.54. The van der Waals surface area contributed by atoms with Crippen molar-refractivity contribution in [3.05, 3.63) is 82.0 Å². The molecule has 3 aromatic rings. The van der Waals surface area contributed by atoms with Crippen molar-refractivity contribution in [1.29, 1.82) is 0 Å². The summed E-state index contributed by atoms with van der Waals surface area (Å²) in [5.74, 6) is 0.143. The van der Waals surface area contributed by atoms with Crippen LogP contribution in [0.3, 0.4) is 0 Å². The standard InChI is InChI=1S/C33H38N4O5S/c1-36-28-11-10-25(17-31(38)35-24-13-14-37(20-24)19-22-6-3-2-4-7-22)42-30(28)21-41-29-12-9-23(16-27(29)33(36)40)34-32(39)18-26-8-5-15-43-26/h2-9,12,15-16,24-25,28,30H,10-11,13-14,17-21H2,1H3,(H,34,39)(H,35,38)/t24-,25+,28+,30+/m0/s1. The van der Waals surface area contributed by atoms with Crippen molar-refractivity contribution in [2.45, 2.75) is 62.9 Å². The number of thiophene rings is 1. The average Bonchev–Trinajstić information content (AvgIpc) is 3.67. The third kappa shape index (κ3) is 7.26. The number of amides is 3. The van der Waals surface area contributed by atoms with Gasteiger partial charge in [-0.2, -0.15) is 0 Å². The molecule has 0 aliphatic carbocycles. The van der Waals surface area contributed by atoms with Gasteiger partial charge in [0.15, 0.2) is 0 Å². The number of carbonyl (C=O) groups excluding carboxylic acids is 3. The van der Waals surface area contributed by atoms with Gasteiger partial charge in [-0.25, -0.2) is 0 Å². The number of rotatable bonds is 8. The molecule has 2 aromatic carbocycles. The first-order chi connectivity index (χ1) is 20.9. The lowest BCUT2D eigenvalue weighted by molar-refractivity contribution is -0.134. The van der Waals surface area contributed by atoms with Crippen molar-refractivity contribution in [3.63, 3.8) is 0 Å². The summed E-state index contributed by atoms with van der Waals surface area (Å²) in [5.41, 5.74) is 2.25. The Balaban J connectivity index is 1.02. The van der Waals surface area contributed by atoms with Crippen LogP contribution in [0, 0.1) is 0 Å². The first-order valence-corrected chi connectivity index (χ1v) is 15.9. The average molecular weight is 603 g/mol. The summed E-state index contributed by atoms with van der Waals surface area (Å²) in [5, 5.41) is 8.05. The lowest BCUT2D eigenvalue weighted by Gasteiger charge is -2.42. The summed E-state index contributed by atoms with van der Waals surface area (Å²) in [4.78, 5) is 44.1. The van der Waals surface area contributed by atoms with E-state index in [0.717, 1.165) is 37.4 Å². The first-order valence-electron chi connectivity index (χ1n) is 15.0. The van der Waals surface area contributed by atoms with E-state index in [4.69, 9.17) is 9.47 Å². The van der Waals surface area contributed by atoms with E-state index in [0.29, 0.717) is 29.8 Å². The number of anilines is 1. The minimum absolute atomic E-state index is 0.00482. The second-order valence-corrected chi connectivity index (χ2v) is 12.7. The van der Waals surface area contributed by atoms with Crippen molar-refractivity contribution in [2.24, 2.45) is 0 Å². The summed E-state index contributed by atoms with van der Waals surface area (Å²) >= 11 is 1.53. The lowest BCUT2D eigenvalue weighted by atomic mass is 9.94. The Morgan fingerprint density at radius 2 is 1.88 bits per heavy atom. The van der Waals surface area contributed by atoms with Gasteiger partial charge in [0, 0.05) is 43.3 Å². The van der Waals surface area contributed by atoms with Crippen LogP contribution in [0.2, 0.25) is 0 Å². The van der Waals surface area contributed by atoms with Crippen molar-refractivity contribution < 1.29 is 23.9 Å². The molecule has 2 N–H and O–H groups in total. The Hall–Kier alpha value is -3.73. The Kier molecular flexibility index (Phi) is 9.06. The molecule has 0 radical (unpaired) electrons. The van der Waals surface area contributed by atoms with Gasteiger partial charge in [0.25, 0.3) is 5.91 Å². The van der Waals surface area contributed by atoms with Gasteiger partial charge < -0.3 is 25.0 Å². The van der Waals surface area contributed by atoms with Gasteiger partial charge >= 0.3 is 0 Å². The number of nitrogens with one attached hydrogen (secondary N) is 2. The van der Waals surface area contributed by atoms with Crippen LogP contribution in [-0.2, 0) is 27.3 Å². The van der Waals surface area contributed by atoms with Crippen LogP contribution in [0.5, 0.6) is 5.75 Å². The fourth-order valence-electron chi connectivity index (χ4n) is 6.31. The highest BCUT2D eigenvalue weighted by Gasteiger charge is 2.39. The first kappa shape index (κ1) is 29.3. The third-order valence-corrected chi connectivity index (χ3v) is 9.39. The van der Waals surface area contributed by atoms with Gasteiger partial charge in [0.1, 0.15) is 18.5 Å². The van der Waals surface area contributed by atoms with Crippen molar-refractivity contribution in [1.82, 2.24) is 15.1 Å². The quantitative estimate of drug-likeness (QED) is 0.403. The molecule has 3 aliphatic rings. The molecule has 9 nitrogen and oxygen atoms in total. The fourth-order valence-corrected chi connectivity index (χ4v) is 7.01. The molecule has 6 rings (SSSR count). The van der Waals surface area contributed by atoms with Crippen molar-refractivity contribution in [2.75, 3.05) is 32.1 Å². The van der Waals surface area contributed by atoms with Crippen molar-refractivity contribution >= 4 is 34.7 Å². The largest absolute Gasteiger partial charge is 0.490 e. The number of fused-ring (bicyclic) bond motifs is 2. The molecular weight excluding hydrogens is 564 g/mol. The van der Waals surface area contributed by atoms with E-state index in [1.165, 1.54) is 16.9 Å². The number of benzene rings is 2. The molecule has 226 valence electrons. The Labute approximate surface area is 256 Å². The van der Waals surface area contributed by atoms with E-state index in [-0.39, 0.29) is 55.0 Å². The van der Waals surface area contributed by atoms with Gasteiger partial charge in [-0.3, -0.25) is 19.3 Å². The van der Waals surface area contributed by atoms with Crippen LogP contribution in [-0.4, -0.2) is 78.6 Å². The van der Waals surface area contributed by atoms with Crippen LogP contribution < -0.4 is 15.4 Å². The number of ether oxygens (including phenoxy) is 2. The Bertz CT molecular complexity index is 1430.